The number of piperidine rings is 1. The van der Waals surface area contributed by atoms with Gasteiger partial charge < -0.3 is 4.90 Å². The second-order valence-corrected chi connectivity index (χ2v) is 4.21. The van der Waals surface area contributed by atoms with E-state index in [2.05, 4.69) is 0 Å². The van der Waals surface area contributed by atoms with Crippen molar-refractivity contribution in [2.24, 2.45) is 5.41 Å². The fourth-order valence-corrected chi connectivity index (χ4v) is 2.20. The molecule has 0 unspecified atom stereocenters. The molecule has 0 N–H and O–H groups in total. The summed E-state index contributed by atoms with van der Waals surface area (Å²) in [5.74, 6) is -2.43. The third kappa shape index (κ3) is 1.39. The summed E-state index contributed by atoms with van der Waals surface area (Å²) in [6.07, 6.45) is 2.14. The van der Waals surface area contributed by atoms with Gasteiger partial charge in [-0.05, 0) is 25.3 Å². The van der Waals surface area contributed by atoms with E-state index in [1.54, 1.807) is 11.9 Å². The largest absolute Gasteiger partial charge is 0.300 e. The Morgan fingerprint density at radius 2 is 1.82 bits per heavy atom. The molecule has 0 atom stereocenters. The topological polar surface area (TPSA) is 3.24 Å². The highest BCUT2D eigenvalue weighted by Gasteiger charge is 2.54. The van der Waals surface area contributed by atoms with Crippen molar-refractivity contribution >= 4 is 0 Å². The van der Waals surface area contributed by atoms with E-state index in [4.69, 9.17) is 0 Å². The second-order valence-electron chi connectivity index (χ2n) is 4.21. The van der Waals surface area contributed by atoms with Gasteiger partial charge in [0.1, 0.15) is 0 Å². The molecule has 2 rings (SSSR count). The van der Waals surface area contributed by atoms with Crippen molar-refractivity contribution in [1.29, 1.82) is 0 Å². The minimum Gasteiger partial charge on any atom is -0.300 e. The second kappa shape index (κ2) is 1.94. The summed E-state index contributed by atoms with van der Waals surface area (Å²) < 4.78 is 25.9. The summed E-state index contributed by atoms with van der Waals surface area (Å²) in [5.41, 5.74) is 0.0104. The van der Waals surface area contributed by atoms with Crippen LogP contribution in [0.5, 0.6) is 0 Å². The number of halogens is 2. The molecule has 0 aromatic rings. The van der Waals surface area contributed by atoms with Crippen molar-refractivity contribution in [1.82, 2.24) is 4.90 Å². The van der Waals surface area contributed by atoms with E-state index in [-0.39, 0.29) is 18.4 Å². The number of alkyl halides is 2. The monoisotopic (exact) mass is 161 g/mol. The highest BCUT2D eigenvalue weighted by Crippen LogP contribution is 2.55. The third-order valence-electron chi connectivity index (χ3n) is 2.70. The average Bonchev–Trinajstić information content (AvgIpc) is 2.41. The summed E-state index contributed by atoms with van der Waals surface area (Å²) in [6.45, 7) is 0.831. The van der Waals surface area contributed by atoms with Crippen LogP contribution >= 0.6 is 0 Å². The van der Waals surface area contributed by atoms with Gasteiger partial charge in [-0.2, -0.15) is 0 Å². The van der Waals surface area contributed by atoms with Gasteiger partial charge in [0, 0.05) is 13.0 Å². The van der Waals surface area contributed by atoms with E-state index in [0.717, 1.165) is 19.4 Å². The Kier molecular flexibility index (Phi) is 1.32. The van der Waals surface area contributed by atoms with Crippen LogP contribution in [0.1, 0.15) is 19.3 Å². The molecule has 0 aromatic heterocycles. The van der Waals surface area contributed by atoms with E-state index >= 15 is 0 Å². The first-order valence-electron chi connectivity index (χ1n) is 4.08. The van der Waals surface area contributed by atoms with E-state index in [1.807, 2.05) is 0 Å². The van der Waals surface area contributed by atoms with Gasteiger partial charge >= 0.3 is 0 Å². The molecule has 0 aromatic carbocycles. The minimum atomic E-state index is -2.43. The normalized spacial score (nSPS) is 34.1. The Morgan fingerprint density at radius 3 is 2.27 bits per heavy atom. The smallest absolute Gasteiger partial charge is 0.261 e. The third-order valence-corrected chi connectivity index (χ3v) is 2.70. The molecule has 3 heteroatoms. The maximum atomic E-state index is 12.9. The lowest BCUT2D eigenvalue weighted by molar-refractivity contribution is -0.0839. The number of hydrogen-bond donors (Lipinski definition) is 0. The Morgan fingerprint density at radius 1 is 1.18 bits per heavy atom. The van der Waals surface area contributed by atoms with E-state index < -0.39 is 5.92 Å². The lowest BCUT2D eigenvalue weighted by atomic mass is 9.93. The maximum Gasteiger partial charge on any atom is 0.261 e. The first kappa shape index (κ1) is 7.47. The van der Waals surface area contributed by atoms with Gasteiger partial charge in [-0.15, -0.1) is 0 Å². The van der Waals surface area contributed by atoms with Crippen LogP contribution in [-0.4, -0.2) is 31.0 Å². The van der Waals surface area contributed by atoms with Crippen molar-refractivity contribution in [3.8, 4) is 0 Å². The lowest BCUT2D eigenvalue weighted by Gasteiger charge is -2.35. The molecular formula is C8H13F2N. The van der Waals surface area contributed by atoms with Gasteiger partial charge in [0.15, 0.2) is 0 Å². The number of nitrogens with zero attached hydrogens (tertiary/aromatic N) is 1. The van der Waals surface area contributed by atoms with Crippen LogP contribution in [0.4, 0.5) is 8.78 Å². The van der Waals surface area contributed by atoms with Crippen LogP contribution < -0.4 is 0 Å². The quantitative estimate of drug-likeness (QED) is 0.523. The van der Waals surface area contributed by atoms with Crippen LogP contribution in [0.25, 0.3) is 0 Å². The molecule has 11 heavy (non-hydrogen) atoms. The summed E-state index contributed by atoms with van der Waals surface area (Å²) >= 11 is 0. The molecule has 64 valence electrons. The van der Waals surface area contributed by atoms with Crippen LogP contribution in [-0.2, 0) is 0 Å². The summed E-state index contributed by atoms with van der Waals surface area (Å²) in [6, 6.07) is 0. The molecule has 1 nitrogen and oxygen atoms in total. The first-order valence-corrected chi connectivity index (χ1v) is 4.08. The fraction of sp³-hybridized carbons (Fsp3) is 1.00. The van der Waals surface area contributed by atoms with Crippen molar-refractivity contribution in [2.45, 2.75) is 25.2 Å². The molecule has 1 heterocycles. The van der Waals surface area contributed by atoms with Crippen molar-refractivity contribution in [2.75, 3.05) is 20.1 Å². The summed E-state index contributed by atoms with van der Waals surface area (Å²) in [5, 5.41) is 0. The number of likely N-dealkylation sites (tertiary alicyclic amines) is 1. The van der Waals surface area contributed by atoms with Gasteiger partial charge in [0.2, 0.25) is 0 Å². The fourth-order valence-electron chi connectivity index (χ4n) is 2.20. The van der Waals surface area contributed by atoms with Crippen molar-refractivity contribution in [3.05, 3.63) is 0 Å². The zero-order chi connectivity index (χ0) is 8.11. The first-order chi connectivity index (χ1) is 5.02. The van der Waals surface area contributed by atoms with Gasteiger partial charge in [-0.3, -0.25) is 0 Å². The highest BCUT2D eigenvalue weighted by atomic mass is 19.3. The van der Waals surface area contributed by atoms with E-state index in [9.17, 15) is 8.78 Å². The lowest BCUT2D eigenvalue weighted by Crippen LogP contribution is -2.45. The molecule has 0 radical (unpaired) electrons. The maximum absolute atomic E-state index is 12.9. The summed E-state index contributed by atoms with van der Waals surface area (Å²) in [7, 11) is 1.78. The standard InChI is InChI=1S/C8H13F2N/c1-11-5-7(2-3-7)4-8(9,10)6-11/h2-6H2,1H3. The van der Waals surface area contributed by atoms with Crippen LogP contribution in [0.2, 0.25) is 0 Å². The number of rotatable bonds is 0. The molecule has 0 amide bonds. The van der Waals surface area contributed by atoms with E-state index in [1.165, 1.54) is 0 Å². The van der Waals surface area contributed by atoms with Crippen LogP contribution in [0.15, 0.2) is 0 Å². The molecule has 1 aliphatic carbocycles. The Bertz CT molecular complexity index is 169. The van der Waals surface area contributed by atoms with Crippen LogP contribution in [0, 0.1) is 5.41 Å². The van der Waals surface area contributed by atoms with Crippen molar-refractivity contribution < 1.29 is 8.78 Å². The predicted octanol–water partition coefficient (Wildman–Crippen LogP) is 1.74. The molecule has 2 fully saturated rings. The Labute approximate surface area is 65.4 Å². The van der Waals surface area contributed by atoms with Gasteiger partial charge in [-0.25, -0.2) is 8.78 Å². The predicted molar refractivity (Wildman–Crippen MR) is 38.7 cm³/mol. The molecule has 1 spiro atoms. The van der Waals surface area contributed by atoms with Gasteiger partial charge in [0.05, 0.1) is 6.54 Å². The molecular weight excluding hydrogens is 148 g/mol. The Hall–Kier alpha value is -0.180. The highest BCUT2D eigenvalue weighted by molar-refractivity contribution is 5.02. The summed E-state index contributed by atoms with van der Waals surface area (Å²) in [4.78, 5) is 1.76. The minimum absolute atomic E-state index is 0.0104. The van der Waals surface area contributed by atoms with Crippen molar-refractivity contribution in [3.63, 3.8) is 0 Å². The number of hydrogen-bond acceptors (Lipinski definition) is 1. The van der Waals surface area contributed by atoms with Gasteiger partial charge in [0.25, 0.3) is 5.92 Å². The Balaban J connectivity index is 2.09. The average molecular weight is 161 g/mol. The van der Waals surface area contributed by atoms with Gasteiger partial charge in [-0.1, -0.05) is 0 Å². The molecule has 1 aliphatic heterocycles. The molecule has 0 bridgehead atoms. The molecule has 1 saturated carbocycles. The zero-order valence-corrected chi connectivity index (χ0v) is 6.74. The molecule has 2 aliphatic rings. The van der Waals surface area contributed by atoms with Crippen LogP contribution in [0.3, 0.4) is 0 Å². The zero-order valence-electron chi connectivity index (χ0n) is 6.74. The van der Waals surface area contributed by atoms with E-state index in [0.29, 0.717) is 0 Å². The molecule has 1 saturated heterocycles. The SMILES string of the molecule is CN1CC(F)(F)CC2(CC2)C1.